The quantitative estimate of drug-likeness (QED) is 0.626. The van der Waals surface area contributed by atoms with Gasteiger partial charge in [-0.05, 0) is 32.0 Å². The number of pyridine rings is 1. The van der Waals surface area contributed by atoms with Crippen LogP contribution in [0.25, 0.3) is 0 Å². The number of amides is 1. The molecule has 0 spiro atoms. The maximum Gasteiger partial charge on any atom is 0.290 e. The second-order valence-corrected chi connectivity index (χ2v) is 8.12. The summed E-state index contributed by atoms with van der Waals surface area (Å²) in [7, 11) is 0. The van der Waals surface area contributed by atoms with Crippen LogP contribution in [0.5, 0.6) is 0 Å². The number of aliphatic hydroxyl groups is 1. The fraction of sp³-hybridized carbons (Fsp3) is 0.182. The SMILES string of the molecule is Cc1nc(C)c(C(=O)C2=C(O)C(=O)N(Cc3ccccn3)C2c2ccccc2F)s1. The van der Waals surface area contributed by atoms with Crippen LogP contribution >= 0.6 is 11.3 Å². The van der Waals surface area contributed by atoms with Crippen molar-refractivity contribution >= 4 is 23.0 Å². The van der Waals surface area contributed by atoms with E-state index < -0.39 is 29.3 Å². The van der Waals surface area contributed by atoms with Crippen molar-refractivity contribution in [1.29, 1.82) is 0 Å². The van der Waals surface area contributed by atoms with Crippen LogP contribution in [-0.4, -0.2) is 31.7 Å². The molecule has 152 valence electrons. The highest BCUT2D eigenvalue weighted by atomic mass is 32.1. The highest BCUT2D eigenvalue weighted by Gasteiger charge is 2.45. The fourth-order valence-electron chi connectivity index (χ4n) is 3.60. The molecule has 0 saturated heterocycles. The molecule has 8 heteroatoms. The lowest BCUT2D eigenvalue weighted by molar-refractivity contribution is -0.130. The summed E-state index contributed by atoms with van der Waals surface area (Å²) in [6.07, 6.45) is 1.58. The number of halogens is 1. The van der Waals surface area contributed by atoms with Gasteiger partial charge in [0.05, 0.1) is 39.4 Å². The van der Waals surface area contributed by atoms with Crippen LogP contribution in [0.2, 0.25) is 0 Å². The highest BCUT2D eigenvalue weighted by Crippen LogP contribution is 2.41. The molecule has 1 unspecified atom stereocenters. The third-order valence-electron chi connectivity index (χ3n) is 4.92. The van der Waals surface area contributed by atoms with Crippen molar-refractivity contribution in [3.63, 3.8) is 0 Å². The zero-order chi connectivity index (χ0) is 21.4. The van der Waals surface area contributed by atoms with E-state index in [1.165, 1.54) is 34.4 Å². The number of aromatic nitrogens is 2. The lowest BCUT2D eigenvalue weighted by atomic mass is 9.94. The molecular weight excluding hydrogens is 405 g/mol. The highest BCUT2D eigenvalue weighted by molar-refractivity contribution is 7.14. The molecular formula is C22H18FN3O3S. The smallest absolute Gasteiger partial charge is 0.290 e. The zero-order valence-electron chi connectivity index (χ0n) is 16.3. The Morgan fingerprint density at radius 3 is 2.57 bits per heavy atom. The standard InChI is InChI=1S/C22H18FN3O3S/c1-12-21(30-13(2)25-12)19(27)17-18(15-8-3-4-9-16(15)23)26(22(29)20(17)28)11-14-7-5-6-10-24-14/h3-10,18,28H,11H2,1-2H3. The van der Waals surface area contributed by atoms with Gasteiger partial charge in [0.2, 0.25) is 5.78 Å². The van der Waals surface area contributed by atoms with Gasteiger partial charge in [-0.1, -0.05) is 24.3 Å². The number of Topliss-reactive ketones (excluding diaryl/α,β-unsaturated/α-hetero) is 1. The molecule has 4 rings (SSSR count). The molecule has 1 atom stereocenters. The first kappa shape index (κ1) is 19.9. The van der Waals surface area contributed by atoms with E-state index >= 15 is 0 Å². The molecule has 0 bridgehead atoms. The molecule has 3 aromatic rings. The molecule has 1 aromatic carbocycles. The summed E-state index contributed by atoms with van der Waals surface area (Å²) < 4.78 is 14.8. The van der Waals surface area contributed by atoms with Crippen LogP contribution < -0.4 is 0 Å². The van der Waals surface area contributed by atoms with Gasteiger partial charge in [0.1, 0.15) is 5.82 Å². The van der Waals surface area contributed by atoms with Gasteiger partial charge in [0, 0.05) is 11.8 Å². The number of rotatable bonds is 5. The van der Waals surface area contributed by atoms with E-state index in [9.17, 15) is 19.1 Å². The van der Waals surface area contributed by atoms with E-state index in [-0.39, 0.29) is 17.7 Å². The number of benzene rings is 1. The van der Waals surface area contributed by atoms with E-state index in [0.717, 1.165) is 0 Å². The molecule has 6 nitrogen and oxygen atoms in total. The molecule has 3 heterocycles. The molecule has 1 aliphatic heterocycles. The first-order valence-electron chi connectivity index (χ1n) is 9.25. The molecule has 0 radical (unpaired) electrons. The largest absolute Gasteiger partial charge is 0.503 e. The summed E-state index contributed by atoms with van der Waals surface area (Å²) in [6, 6.07) is 10.1. The van der Waals surface area contributed by atoms with Crippen LogP contribution in [0.15, 0.2) is 60.0 Å². The van der Waals surface area contributed by atoms with Crippen molar-refractivity contribution in [1.82, 2.24) is 14.9 Å². The number of hydrogen-bond donors (Lipinski definition) is 1. The van der Waals surface area contributed by atoms with Gasteiger partial charge >= 0.3 is 0 Å². The second kappa shape index (κ2) is 7.79. The van der Waals surface area contributed by atoms with Crippen molar-refractivity contribution in [2.24, 2.45) is 0 Å². The Hall–Kier alpha value is -3.39. The van der Waals surface area contributed by atoms with Gasteiger partial charge < -0.3 is 10.0 Å². The van der Waals surface area contributed by atoms with Crippen LogP contribution in [0.3, 0.4) is 0 Å². The molecule has 0 aliphatic carbocycles. The van der Waals surface area contributed by atoms with Crippen molar-refractivity contribution < 1.29 is 19.1 Å². The minimum atomic E-state index is -1.07. The summed E-state index contributed by atoms with van der Waals surface area (Å²) in [6.45, 7) is 3.47. The topological polar surface area (TPSA) is 83.4 Å². The molecule has 30 heavy (non-hydrogen) atoms. The van der Waals surface area contributed by atoms with Crippen LogP contribution in [0, 0.1) is 19.7 Å². The van der Waals surface area contributed by atoms with Crippen molar-refractivity contribution in [3.05, 3.63) is 92.6 Å². The van der Waals surface area contributed by atoms with Crippen LogP contribution in [-0.2, 0) is 11.3 Å². The van der Waals surface area contributed by atoms with Gasteiger partial charge in [-0.15, -0.1) is 11.3 Å². The summed E-state index contributed by atoms with van der Waals surface area (Å²) in [4.78, 5) is 36.4. The monoisotopic (exact) mass is 423 g/mol. The predicted octanol–water partition coefficient (Wildman–Crippen LogP) is 4.07. The Balaban J connectivity index is 1.84. The Labute approximate surface area is 176 Å². The molecule has 2 aromatic heterocycles. The van der Waals surface area contributed by atoms with Crippen molar-refractivity contribution in [3.8, 4) is 0 Å². The molecule has 0 saturated carbocycles. The van der Waals surface area contributed by atoms with Crippen molar-refractivity contribution in [2.45, 2.75) is 26.4 Å². The fourth-order valence-corrected chi connectivity index (χ4v) is 4.47. The second-order valence-electron chi connectivity index (χ2n) is 6.92. The number of aliphatic hydroxyl groups excluding tert-OH is 1. The van der Waals surface area contributed by atoms with Crippen LogP contribution in [0.4, 0.5) is 4.39 Å². The third kappa shape index (κ3) is 3.39. The molecule has 1 aliphatic rings. The average Bonchev–Trinajstić information content (AvgIpc) is 3.19. The molecule has 0 fully saturated rings. The Bertz CT molecular complexity index is 1170. The third-order valence-corrected chi connectivity index (χ3v) is 5.99. The van der Waals surface area contributed by atoms with Crippen molar-refractivity contribution in [2.75, 3.05) is 0 Å². The average molecular weight is 423 g/mol. The summed E-state index contributed by atoms with van der Waals surface area (Å²) >= 11 is 1.18. The van der Waals surface area contributed by atoms with Gasteiger partial charge in [-0.2, -0.15) is 0 Å². The summed E-state index contributed by atoms with van der Waals surface area (Å²) in [5.74, 6) is -2.51. The maximum absolute atomic E-state index is 14.8. The number of hydrogen-bond acceptors (Lipinski definition) is 6. The predicted molar refractivity (Wildman–Crippen MR) is 110 cm³/mol. The number of nitrogens with zero attached hydrogens (tertiary/aromatic N) is 3. The molecule has 1 N–H and O–H groups in total. The van der Waals surface area contributed by atoms with E-state index in [0.29, 0.717) is 21.3 Å². The normalized spacial score (nSPS) is 16.4. The maximum atomic E-state index is 14.8. The lowest BCUT2D eigenvalue weighted by Gasteiger charge is -2.26. The number of ketones is 1. The molecule has 1 amide bonds. The Kier molecular flexibility index (Phi) is 5.17. The van der Waals surface area contributed by atoms with Gasteiger partial charge in [-0.25, -0.2) is 9.37 Å². The van der Waals surface area contributed by atoms with E-state index in [1.807, 2.05) is 0 Å². The van der Waals surface area contributed by atoms with Gasteiger partial charge in [0.15, 0.2) is 5.76 Å². The number of thiazole rings is 1. The van der Waals surface area contributed by atoms with Gasteiger partial charge in [-0.3, -0.25) is 14.6 Å². The first-order chi connectivity index (χ1) is 14.4. The van der Waals surface area contributed by atoms with Gasteiger partial charge in [0.25, 0.3) is 5.91 Å². The van der Waals surface area contributed by atoms with E-state index in [2.05, 4.69) is 9.97 Å². The number of carbonyl (C=O) groups is 2. The lowest BCUT2D eigenvalue weighted by Crippen LogP contribution is -2.31. The minimum absolute atomic E-state index is 0.0141. The van der Waals surface area contributed by atoms with E-state index in [4.69, 9.17) is 0 Å². The summed E-state index contributed by atoms with van der Waals surface area (Å²) in [5.41, 5.74) is 1.05. The minimum Gasteiger partial charge on any atom is -0.503 e. The number of carbonyl (C=O) groups excluding carboxylic acids is 2. The number of aryl methyl sites for hydroxylation is 2. The zero-order valence-corrected chi connectivity index (χ0v) is 17.1. The first-order valence-corrected chi connectivity index (χ1v) is 10.1. The van der Waals surface area contributed by atoms with E-state index in [1.54, 1.807) is 44.3 Å². The Morgan fingerprint density at radius 2 is 1.93 bits per heavy atom. The summed E-state index contributed by atoms with van der Waals surface area (Å²) in [5, 5.41) is 11.4. The van der Waals surface area contributed by atoms with Crippen LogP contribution in [0.1, 0.15) is 37.7 Å². The Morgan fingerprint density at radius 1 is 1.20 bits per heavy atom.